The van der Waals surface area contributed by atoms with Gasteiger partial charge in [-0.25, -0.2) is 4.79 Å². The molecule has 0 saturated carbocycles. The van der Waals surface area contributed by atoms with E-state index < -0.39 is 61.0 Å². The fourth-order valence-corrected chi connectivity index (χ4v) is 8.62. The molecular formula is C37H62N5O8P. The lowest BCUT2D eigenvalue weighted by molar-refractivity contribution is -0.131. The van der Waals surface area contributed by atoms with Gasteiger partial charge in [0.25, 0.3) is 0 Å². The maximum absolute atomic E-state index is 14.5. The molecule has 1 aromatic rings. The van der Waals surface area contributed by atoms with Gasteiger partial charge in [-0.15, -0.1) is 0 Å². The summed E-state index contributed by atoms with van der Waals surface area (Å²) < 4.78 is 25.8. The molecule has 0 bridgehead atoms. The quantitative estimate of drug-likeness (QED) is 0.135. The summed E-state index contributed by atoms with van der Waals surface area (Å²) in [4.78, 5) is 67.9. The van der Waals surface area contributed by atoms with Crippen LogP contribution in [0.25, 0.3) is 0 Å². The second-order valence-corrected chi connectivity index (χ2v) is 17.6. The molecule has 13 nitrogen and oxygen atoms in total. The van der Waals surface area contributed by atoms with E-state index >= 15 is 0 Å². The Labute approximate surface area is 304 Å². The van der Waals surface area contributed by atoms with Crippen molar-refractivity contribution in [3.8, 4) is 0 Å². The predicted octanol–water partition coefficient (Wildman–Crippen LogP) is 5.03. The van der Waals surface area contributed by atoms with Crippen LogP contribution < -0.4 is 21.3 Å². The first-order valence-corrected chi connectivity index (χ1v) is 20.2. The number of carbonyl (C=O) groups excluding carboxylic acids is 5. The molecular weight excluding hydrogens is 673 g/mol. The zero-order valence-corrected chi connectivity index (χ0v) is 32.9. The van der Waals surface area contributed by atoms with Crippen LogP contribution in [0, 0.1) is 23.7 Å². The Morgan fingerprint density at radius 3 is 1.96 bits per heavy atom. The first kappa shape index (κ1) is 43.7. The van der Waals surface area contributed by atoms with Gasteiger partial charge in [0, 0.05) is 25.7 Å². The van der Waals surface area contributed by atoms with E-state index in [-0.39, 0.29) is 43.0 Å². The van der Waals surface area contributed by atoms with Gasteiger partial charge in [0.1, 0.15) is 30.5 Å². The number of likely N-dealkylation sites (N-methyl/N-ethyl adjacent to an activating group) is 1. The Bertz CT molecular complexity index is 1340. The van der Waals surface area contributed by atoms with Gasteiger partial charge >= 0.3 is 6.09 Å². The van der Waals surface area contributed by atoms with Crippen LogP contribution in [0.2, 0.25) is 0 Å². The molecule has 1 aromatic carbocycles. The molecule has 2 rings (SSSR count). The van der Waals surface area contributed by atoms with E-state index in [1.807, 2.05) is 71.9 Å². The Hall–Kier alpha value is -3.44. The summed E-state index contributed by atoms with van der Waals surface area (Å²) in [5, 5.41) is 11.1. The first-order chi connectivity index (χ1) is 24.0. The lowest BCUT2D eigenvalue weighted by atomic mass is 9.96. The summed E-state index contributed by atoms with van der Waals surface area (Å²) >= 11 is 0. The lowest BCUT2D eigenvalue weighted by Gasteiger charge is -2.31. The molecule has 5 amide bonds. The summed E-state index contributed by atoms with van der Waals surface area (Å²) in [7, 11) is -2.18. The molecule has 1 aliphatic rings. The average Bonchev–Trinajstić information content (AvgIpc) is 3.56. The van der Waals surface area contributed by atoms with Crippen molar-refractivity contribution in [2.75, 3.05) is 26.4 Å². The minimum absolute atomic E-state index is 0.0174. The molecule has 1 saturated heterocycles. The van der Waals surface area contributed by atoms with E-state index in [1.165, 1.54) is 11.9 Å². The highest BCUT2D eigenvalue weighted by molar-refractivity contribution is 7.59. The number of likely N-dealkylation sites (tertiary alicyclic amines) is 1. The molecule has 0 radical (unpaired) electrons. The van der Waals surface area contributed by atoms with Gasteiger partial charge in [0.05, 0.1) is 6.61 Å². The second-order valence-electron chi connectivity index (χ2n) is 14.7. The van der Waals surface area contributed by atoms with Crippen molar-refractivity contribution in [3.05, 3.63) is 35.9 Å². The number of hydrogen-bond donors (Lipinski definition) is 4. The Balaban J connectivity index is 2.20. The van der Waals surface area contributed by atoms with Gasteiger partial charge in [0.2, 0.25) is 31.0 Å². The molecule has 1 heterocycles. The summed E-state index contributed by atoms with van der Waals surface area (Å²) in [5.41, 5.74) is 0.827. The van der Waals surface area contributed by atoms with E-state index in [0.29, 0.717) is 38.6 Å². The topological polar surface area (TPSA) is 172 Å². The van der Waals surface area contributed by atoms with Crippen LogP contribution in [0.15, 0.2) is 30.3 Å². The van der Waals surface area contributed by atoms with Crippen molar-refractivity contribution in [2.45, 2.75) is 118 Å². The van der Waals surface area contributed by atoms with Gasteiger partial charge in [-0.2, -0.15) is 0 Å². The Kier molecular flexibility index (Phi) is 18.2. The molecule has 1 fully saturated rings. The minimum Gasteiger partial charge on any atom is -0.445 e. The summed E-state index contributed by atoms with van der Waals surface area (Å²) in [5.74, 6) is -3.22. The number of nitrogens with one attached hydrogen (secondary N) is 4. The van der Waals surface area contributed by atoms with Crippen LogP contribution in [-0.2, 0) is 39.6 Å². The zero-order valence-electron chi connectivity index (χ0n) is 32.0. The highest BCUT2D eigenvalue weighted by Gasteiger charge is 2.41. The van der Waals surface area contributed by atoms with Crippen molar-refractivity contribution < 1.29 is 37.8 Å². The second kappa shape index (κ2) is 21.2. The summed E-state index contributed by atoms with van der Waals surface area (Å²) in [6.07, 6.45) is 1.42. The third-order valence-electron chi connectivity index (χ3n) is 8.81. The standard InChI is InChI=1S/C37H62N5O8P/c1-10-50-51(48,23-29(19-24(2)3)33(43)40-30(20-25(4)5)34(44)38-9)27(8)39-35(45)31(21-26(6)7)41-36(46)32-17-14-18-42(32)37(47)49-22-28-15-12-11-13-16-28/h11-13,15-16,24-27,29-32H,10,14,17-23H2,1-9H3,(H,38,44)(H,39,45)(H,40,43)(H,41,46)/t27-,29?,30+,31-,32+,51?/m1/s1. The van der Waals surface area contributed by atoms with E-state index in [1.54, 1.807) is 13.8 Å². The predicted molar refractivity (Wildman–Crippen MR) is 198 cm³/mol. The van der Waals surface area contributed by atoms with Crippen molar-refractivity contribution >= 4 is 37.1 Å². The number of amides is 5. The largest absolute Gasteiger partial charge is 0.445 e. The molecule has 0 aromatic heterocycles. The number of rotatable bonds is 20. The SMILES string of the molecule is CCOP(=O)(CC(CC(C)C)C(=O)N[C@@H](CC(C)C)C(=O)NC)[C@H](C)NC(=O)[C@@H](CC(C)C)NC(=O)[C@@H]1CCCN1C(=O)OCc1ccccc1. The fourth-order valence-electron chi connectivity index (χ4n) is 6.28. The molecule has 2 unspecified atom stereocenters. The van der Waals surface area contributed by atoms with Crippen LogP contribution in [0.3, 0.4) is 0 Å². The summed E-state index contributed by atoms with van der Waals surface area (Å²) in [6.45, 7) is 15.5. The fraction of sp³-hybridized carbons (Fsp3) is 0.703. The van der Waals surface area contributed by atoms with Crippen LogP contribution in [-0.4, -0.2) is 84.9 Å². The molecule has 0 aliphatic carbocycles. The van der Waals surface area contributed by atoms with E-state index in [4.69, 9.17) is 9.26 Å². The monoisotopic (exact) mass is 735 g/mol. The van der Waals surface area contributed by atoms with Gasteiger partial charge in [-0.05, 0) is 69.3 Å². The van der Waals surface area contributed by atoms with Gasteiger partial charge in [-0.1, -0.05) is 71.9 Å². The van der Waals surface area contributed by atoms with Gasteiger partial charge in [-0.3, -0.25) is 28.6 Å². The maximum atomic E-state index is 14.5. The molecule has 14 heteroatoms. The third-order valence-corrected chi connectivity index (χ3v) is 11.8. The van der Waals surface area contributed by atoms with E-state index in [0.717, 1.165) is 5.56 Å². The normalized spacial score (nSPS) is 18.0. The van der Waals surface area contributed by atoms with Gasteiger partial charge < -0.3 is 30.5 Å². The van der Waals surface area contributed by atoms with Crippen molar-refractivity contribution in [2.24, 2.45) is 23.7 Å². The highest BCUT2D eigenvalue weighted by Crippen LogP contribution is 2.53. The highest BCUT2D eigenvalue weighted by atomic mass is 31.2. The molecule has 4 N–H and O–H groups in total. The lowest BCUT2D eigenvalue weighted by Crippen LogP contribution is -2.54. The molecule has 1 aliphatic heterocycles. The average molecular weight is 736 g/mol. The number of hydrogen-bond acceptors (Lipinski definition) is 8. The van der Waals surface area contributed by atoms with Crippen molar-refractivity contribution in [3.63, 3.8) is 0 Å². The molecule has 6 atom stereocenters. The third kappa shape index (κ3) is 14.2. The number of carbonyl (C=O) groups is 5. The molecule has 51 heavy (non-hydrogen) atoms. The molecule has 288 valence electrons. The maximum Gasteiger partial charge on any atom is 0.410 e. The Morgan fingerprint density at radius 2 is 1.41 bits per heavy atom. The van der Waals surface area contributed by atoms with Gasteiger partial charge in [0.15, 0.2) is 0 Å². The number of ether oxygens (including phenoxy) is 1. The van der Waals surface area contributed by atoms with Crippen LogP contribution >= 0.6 is 7.37 Å². The molecule has 0 spiro atoms. The number of nitrogens with zero attached hydrogens (tertiary/aromatic N) is 1. The minimum atomic E-state index is -3.69. The smallest absolute Gasteiger partial charge is 0.410 e. The van der Waals surface area contributed by atoms with Crippen LogP contribution in [0.1, 0.15) is 93.1 Å². The Morgan fingerprint density at radius 1 is 0.824 bits per heavy atom. The van der Waals surface area contributed by atoms with Crippen molar-refractivity contribution in [1.29, 1.82) is 0 Å². The summed E-state index contributed by atoms with van der Waals surface area (Å²) in [6, 6.07) is 6.74. The van der Waals surface area contributed by atoms with Crippen LogP contribution in [0.4, 0.5) is 4.79 Å². The van der Waals surface area contributed by atoms with Crippen molar-refractivity contribution in [1.82, 2.24) is 26.2 Å². The van der Waals surface area contributed by atoms with E-state index in [9.17, 15) is 28.5 Å². The number of benzene rings is 1. The zero-order chi connectivity index (χ0) is 38.3. The van der Waals surface area contributed by atoms with Crippen LogP contribution in [0.5, 0.6) is 0 Å². The van der Waals surface area contributed by atoms with E-state index in [2.05, 4.69) is 21.3 Å². The first-order valence-electron chi connectivity index (χ1n) is 18.3.